The number of nitrogens with one attached hydrogen (secondary N) is 2. The fourth-order valence-electron chi connectivity index (χ4n) is 2.42. The number of benzene rings is 2. The summed E-state index contributed by atoms with van der Waals surface area (Å²) in [5.41, 5.74) is 3.85. The summed E-state index contributed by atoms with van der Waals surface area (Å²) in [6.45, 7) is 0. The molecular formula is C23H17BrIN3O3. The number of hydrazone groups is 1. The largest absolute Gasteiger partial charge is 0.448 e. The van der Waals surface area contributed by atoms with Crippen LogP contribution in [-0.4, -0.2) is 18.0 Å². The molecule has 2 aromatic carbocycles. The highest BCUT2D eigenvalue weighted by atomic mass is 127. The van der Waals surface area contributed by atoms with Crippen LogP contribution >= 0.6 is 38.5 Å². The second kappa shape index (κ2) is 11.4. The maximum Gasteiger partial charge on any atom is 0.287 e. The van der Waals surface area contributed by atoms with Crippen LogP contribution < -0.4 is 10.7 Å². The molecule has 1 heterocycles. The number of carbonyl (C=O) groups excluding carboxylic acids is 2. The number of hydrogen-bond acceptors (Lipinski definition) is 4. The average molecular weight is 590 g/mol. The molecule has 3 aromatic rings. The first-order chi connectivity index (χ1) is 15.0. The summed E-state index contributed by atoms with van der Waals surface area (Å²) in [5, 5.41) is 6.54. The lowest BCUT2D eigenvalue weighted by molar-refractivity contribution is -0.117. The number of carbonyl (C=O) groups is 2. The first-order valence-corrected chi connectivity index (χ1v) is 11.0. The Morgan fingerprint density at radius 3 is 2.35 bits per heavy atom. The van der Waals surface area contributed by atoms with Crippen molar-refractivity contribution in [2.75, 3.05) is 0 Å². The number of nitrogens with zero attached hydrogens (tertiary/aromatic N) is 1. The summed E-state index contributed by atoms with van der Waals surface area (Å²) in [6.07, 6.45) is 6.41. The zero-order chi connectivity index (χ0) is 22.1. The first-order valence-electron chi connectivity index (χ1n) is 9.11. The van der Waals surface area contributed by atoms with Crippen LogP contribution in [0.25, 0.3) is 6.08 Å². The smallest absolute Gasteiger partial charge is 0.287 e. The molecule has 6 nitrogen and oxygen atoms in total. The number of rotatable bonds is 7. The molecule has 0 unspecified atom stereocenters. The van der Waals surface area contributed by atoms with Crippen molar-refractivity contribution in [2.45, 2.75) is 0 Å². The van der Waals surface area contributed by atoms with E-state index in [-0.39, 0.29) is 5.70 Å². The van der Waals surface area contributed by atoms with E-state index in [1.807, 2.05) is 65.1 Å². The summed E-state index contributed by atoms with van der Waals surface area (Å²) in [7, 11) is 0. The van der Waals surface area contributed by atoms with E-state index in [9.17, 15) is 9.59 Å². The lowest BCUT2D eigenvalue weighted by atomic mass is 10.2. The van der Waals surface area contributed by atoms with Crippen molar-refractivity contribution in [2.24, 2.45) is 5.10 Å². The molecule has 0 spiro atoms. The molecule has 0 atom stereocenters. The van der Waals surface area contributed by atoms with Crippen molar-refractivity contribution < 1.29 is 14.0 Å². The molecule has 0 aliphatic carbocycles. The predicted molar refractivity (Wildman–Crippen MR) is 132 cm³/mol. The zero-order valence-electron chi connectivity index (χ0n) is 16.1. The van der Waals surface area contributed by atoms with Crippen molar-refractivity contribution in [1.82, 2.24) is 10.7 Å². The van der Waals surface area contributed by atoms with Gasteiger partial charge >= 0.3 is 0 Å². The quantitative estimate of drug-likeness (QED) is 0.132. The number of furan rings is 1. The molecule has 0 aliphatic heterocycles. The van der Waals surface area contributed by atoms with E-state index in [4.69, 9.17) is 4.42 Å². The van der Waals surface area contributed by atoms with Crippen LogP contribution in [0.1, 0.15) is 21.7 Å². The number of amides is 2. The van der Waals surface area contributed by atoms with Crippen LogP contribution in [-0.2, 0) is 4.79 Å². The van der Waals surface area contributed by atoms with Crippen molar-refractivity contribution in [1.29, 1.82) is 0 Å². The van der Waals surface area contributed by atoms with Gasteiger partial charge < -0.3 is 9.73 Å². The summed E-state index contributed by atoms with van der Waals surface area (Å²) >= 11 is 5.38. The number of hydrogen-bond donors (Lipinski definition) is 2. The minimum absolute atomic E-state index is 0.0494. The Hall–Kier alpha value is -2.98. The van der Waals surface area contributed by atoms with Gasteiger partial charge in [-0.25, -0.2) is 5.43 Å². The van der Waals surface area contributed by atoms with Crippen molar-refractivity contribution >= 4 is 62.6 Å². The third kappa shape index (κ3) is 7.04. The van der Waals surface area contributed by atoms with E-state index < -0.39 is 11.8 Å². The van der Waals surface area contributed by atoms with Gasteiger partial charge in [0.05, 0.1) is 10.7 Å². The van der Waals surface area contributed by atoms with Crippen molar-refractivity contribution in [3.63, 3.8) is 0 Å². The third-order valence-electron chi connectivity index (χ3n) is 3.90. The molecule has 0 bridgehead atoms. The van der Waals surface area contributed by atoms with E-state index in [1.54, 1.807) is 36.4 Å². The summed E-state index contributed by atoms with van der Waals surface area (Å²) in [6, 6.07) is 20.0. The minimum Gasteiger partial charge on any atom is -0.448 e. The lowest BCUT2D eigenvalue weighted by Gasteiger charge is -2.08. The molecule has 2 N–H and O–H groups in total. The molecule has 8 heteroatoms. The highest BCUT2D eigenvalue weighted by Gasteiger charge is 2.13. The molecule has 0 saturated carbocycles. The Morgan fingerprint density at radius 1 is 1.03 bits per heavy atom. The fraction of sp³-hybridized carbons (Fsp3) is 0. The molecule has 0 aliphatic rings. The lowest BCUT2D eigenvalue weighted by Crippen LogP contribution is -2.32. The molecule has 0 saturated heterocycles. The molecule has 31 heavy (non-hydrogen) atoms. The van der Waals surface area contributed by atoms with Crippen molar-refractivity contribution in [3.05, 3.63) is 110 Å². The summed E-state index contributed by atoms with van der Waals surface area (Å²) < 4.78 is 6.90. The van der Waals surface area contributed by atoms with E-state index in [1.165, 1.54) is 12.3 Å². The van der Waals surface area contributed by atoms with Gasteiger partial charge in [0.1, 0.15) is 11.5 Å². The summed E-state index contributed by atoms with van der Waals surface area (Å²) in [5.74, 6) is -0.499. The molecule has 1 aromatic heterocycles. The normalized spacial score (nSPS) is 11.7. The molecule has 0 radical (unpaired) electrons. The Kier molecular flexibility index (Phi) is 8.36. The van der Waals surface area contributed by atoms with Gasteiger partial charge in [0, 0.05) is 34.2 Å². The van der Waals surface area contributed by atoms with Crippen LogP contribution in [0.4, 0.5) is 0 Å². The van der Waals surface area contributed by atoms with Gasteiger partial charge in [-0.05, 0) is 39.7 Å². The minimum atomic E-state index is -0.571. The standard InChI is InChI=1S/C23H17BrIN3O3/c24-19-14-18(31-21(19)25)15-26-28-23(30)20(13-7-10-16-8-3-1-4-9-16)27-22(29)17-11-5-2-6-12-17/h1-15H,(H,27,29)(H,28,30)/b10-7-,20-13+,26-15+. The van der Waals surface area contributed by atoms with Gasteiger partial charge in [-0.15, -0.1) is 0 Å². The predicted octanol–water partition coefficient (Wildman–Crippen LogP) is 5.12. The van der Waals surface area contributed by atoms with E-state index in [0.717, 1.165) is 10.0 Å². The maximum atomic E-state index is 12.6. The maximum absolute atomic E-state index is 12.6. The molecule has 2 amide bonds. The Morgan fingerprint density at radius 2 is 1.71 bits per heavy atom. The van der Waals surface area contributed by atoms with Crippen LogP contribution in [0.2, 0.25) is 0 Å². The number of halogens is 2. The fourth-order valence-corrected chi connectivity index (χ4v) is 3.14. The molecular weight excluding hydrogens is 573 g/mol. The second-order valence-electron chi connectivity index (χ2n) is 6.14. The van der Waals surface area contributed by atoms with E-state index in [2.05, 4.69) is 31.8 Å². The van der Waals surface area contributed by atoms with E-state index in [0.29, 0.717) is 15.1 Å². The highest BCUT2D eigenvalue weighted by molar-refractivity contribution is 14.1. The van der Waals surface area contributed by atoms with Gasteiger partial charge in [-0.1, -0.05) is 60.7 Å². The topological polar surface area (TPSA) is 83.7 Å². The highest BCUT2D eigenvalue weighted by Crippen LogP contribution is 2.21. The van der Waals surface area contributed by atoms with Crippen LogP contribution in [0.5, 0.6) is 0 Å². The van der Waals surface area contributed by atoms with Crippen LogP contribution in [0, 0.1) is 3.77 Å². The van der Waals surface area contributed by atoms with Crippen LogP contribution in [0.3, 0.4) is 0 Å². The molecule has 0 fully saturated rings. The SMILES string of the molecule is O=C(N/N=C/c1cc(Br)c(I)o1)/C(=C\C=C/c1ccccc1)NC(=O)c1ccccc1. The summed E-state index contributed by atoms with van der Waals surface area (Å²) in [4.78, 5) is 25.1. The molecule has 156 valence electrons. The van der Waals surface area contributed by atoms with Crippen LogP contribution in [0.15, 0.2) is 98.6 Å². The van der Waals surface area contributed by atoms with E-state index >= 15 is 0 Å². The van der Waals surface area contributed by atoms with Gasteiger partial charge in [0.2, 0.25) is 0 Å². The van der Waals surface area contributed by atoms with Gasteiger partial charge in [-0.3, -0.25) is 9.59 Å². The third-order valence-corrected chi connectivity index (χ3v) is 6.03. The Labute approximate surface area is 201 Å². The second-order valence-corrected chi connectivity index (χ2v) is 7.97. The van der Waals surface area contributed by atoms with Gasteiger partial charge in [-0.2, -0.15) is 5.10 Å². The van der Waals surface area contributed by atoms with Gasteiger partial charge in [0.25, 0.3) is 11.8 Å². The monoisotopic (exact) mass is 589 g/mol. The Balaban J connectivity index is 1.74. The first kappa shape index (κ1) is 22.7. The average Bonchev–Trinajstić information content (AvgIpc) is 3.11. The number of allylic oxidation sites excluding steroid dienone is 2. The Bertz CT molecular complexity index is 1120. The van der Waals surface area contributed by atoms with Crippen molar-refractivity contribution in [3.8, 4) is 0 Å². The van der Waals surface area contributed by atoms with Gasteiger partial charge in [0.15, 0.2) is 3.77 Å². The zero-order valence-corrected chi connectivity index (χ0v) is 19.8. The molecule has 3 rings (SSSR count).